The molecule has 0 radical (unpaired) electrons. The fraction of sp³-hybridized carbons (Fsp3) is 0.226. The smallest absolute Gasteiger partial charge is 0.0733 e. The van der Waals surface area contributed by atoms with Gasteiger partial charge in [0.15, 0.2) is 0 Å². The molecule has 0 bridgehead atoms. The maximum absolute atomic E-state index is 7.08. The van der Waals surface area contributed by atoms with Crippen LogP contribution in [0.1, 0.15) is 64.3 Å². The van der Waals surface area contributed by atoms with Gasteiger partial charge in [0.2, 0.25) is 0 Å². The highest BCUT2D eigenvalue weighted by molar-refractivity contribution is 6.32. The third-order valence-electron chi connectivity index (χ3n) is 7.54. The quantitative estimate of drug-likeness (QED) is 0.249. The highest BCUT2D eigenvalue weighted by atomic mass is 35.5. The average Bonchev–Trinajstić information content (AvgIpc) is 3.01. The fourth-order valence-electron chi connectivity index (χ4n) is 6.12. The normalized spacial score (nSPS) is 18.2. The minimum absolute atomic E-state index is 0.380. The van der Waals surface area contributed by atoms with Crippen LogP contribution in [0.3, 0.4) is 0 Å². The van der Waals surface area contributed by atoms with Crippen LogP contribution in [0.4, 0.5) is 0 Å². The van der Waals surface area contributed by atoms with E-state index in [-0.39, 0.29) is 5.41 Å². The third-order valence-corrected chi connectivity index (χ3v) is 7.85. The summed E-state index contributed by atoms with van der Waals surface area (Å²) < 4.78 is 0. The molecule has 0 nitrogen and oxygen atoms in total. The molecule has 1 atom stereocenters. The summed E-state index contributed by atoms with van der Waals surface area (Å²) in [6, 6.07) is 29.5. The van der Waals surface area contributed by atoms with Crippen molar-refractivity contribution in [1.29, 1.82) is 0 Å². The predicted molar refractivity (Wildman–Crippen MR) is 135 cm³/mol. The Hall–Kier alpha value is -2.83. The van der Waals surface area contributed by atoms with Crippen molar-refractivity contribution in [2.24, 2.45) is 0 Å². The van der Waals surface area contributed by atoms with Crippen LogP contribution in [0.2, 0.25) is 5.02 Å². The monoisotopic (exact) mass is 434 g/mol. The zero-order chi connectivity index (χ0) is 22.0. The van der Waals surface area contributed by atoms with Gasteiger partial charge >= 0.3 is 0 Å². The minimum atomic E-state index is -0.380. The van der Waals surface area contributed by atoms with Crippen molar-refractivity contribution in [1.82, 2.24) is 0 Å². The van der Waals surface area contributed by atoms with Gasteiger partial charge in [-0.15, -0.1) is 0 Å². The Balaban J connectivity index is 1.83. The predicted octanol–water partition coefficient (Wildman–Crippen LogP) is 8.23. The van der Waals surface area contributed by atoms with E-state index in [4.69, 9.17) is 11.6 Å². The maximum atomic E-state index is 7.08. The molecule has 4 aromatic carbocycles. The van der Waals surface area contributed by atoms with E-state index in [2.05, 4.69) is 99.6 Å². The molecule has 4 aromatic rings. The zero-order valence-electron chi connectivity index (χ0n) is 18.9. The molecule has 1 spiro atoms. The molecule has 32 heavy (non-hydrogen) atoms. The molecule has 158 valence electrons. The molecule has 0 aromatic heterocycles. The summed E-state index contributed by atoms with van der Waals surface area (Å²) in [4.78, 5) is 0. The van der Waals surface area contributed by atoms with Crippen LogP contribution in [0.25, 0.3) is 11.1 Å². The summed E-state index contributed by atoms with van der Waals surface area (Å²) in [6.07, 6.45) is 2.10. The largest absolute Gasteiger partial charge is 0.0840 e. The average molecular weight is 435 g/mol. The van der Waals surface area contributed by atoms with E-state index >= 15 is 0 Å². The second kappa shape index (κ2) is 7.09. The summed E-state index contributed by atoms with van der Waals surface area (Å²) in [7, 11) is 0. The van der Waals surface area contributed by atoms with Crippen molar-refractivity contribution >= 4 is 11.6 Å². The molecule has 0 fully saturated rings. The van der Waals surface area contributed by atoms with Gasteiger partial charge in [-0.3, -0.25) is 0 Å². The van der Waals surface area contributed by atoms with Gasteiger partial charge in [0.05, 0.1) is 5.41 Å². The van der Waals surface area contributed by atoms with Crippen molar-refractivity contribution in [3.05, 3.63) is 128 Å². The number of rotatable bonds is 1. The Morgan fingerprint density at radius 3 is 2.19 bits per heavy atom. The van der Waals surface area contributed by atoms with Gasteiger partial charge in [-0.05, 0) is 81.8 Å². The lowest BCUT2D eigenvalue weighted by Crippen LogP contribution is -2.30. The molecular formula is C31H27Cl. The zero-order valence-corrected chi connectivity index (χ0v) is 19.6. The lowest BCUT2D eigenvalue weighted by Gasteiger charge is -2.36. The minimum Gasteiger partial charge on any atom is -0.0840 e. The summed E-state index contributed by atoms with van der Waals surface area (Å²) in [5.41, 5.74) is 13.2. The molecule has 2 aliphatic carbocycles. The van der Waals surface area contributed by atoms with E-state index in [9.17, 15) is 0 Å². The van der Waals surface area contributed by atoms with Crippen LogP contribution >= 0.6 is 11.6 Å². The highest BCUT2D eigenvalue weighted by Gasteiger charge is 2.50. The van der Waals surface area contributed by atoms with Gasteiger partial charge < -0.3 is 0 Å². The molecule has 6 rings (SSSR count). The van der Waals surface area contributed by atoms with Gasteiger partial charge in [0, 0.05) is 5.02 Å². The van der Waals surface area contributed by atoms with E-state index < -0.39 is 0 Å². The molecule has 2 aliphatic rings. The number of hydrogen-bond acceptors (Lipinski definition) is 0. The Bertz CT molecular complexity index is 1380. The van der Waals surface area contributed by atoms with Crippen LogP contribution in [0.15, 0.2) is 78.9 Å². The first-order chi connectivity index (χ1) is 15.5. The van der Waals surface area contributed by atoms with E-state index in [1.165, 1.54) is 55.6 Å². The molecule has 0 saturated carbocycles. The Morgan fingerprint density at radius 1 is 0.719 bits per heavy atom. The molecule has 0 aliphatic heterocycles. The van der Waals surface area contributed by atoms with Crippen LogP contribution in [-0.2, 0) is 18.3 Å². The Morgan fingerprint density at radius 2 is 1.41 bits per heavy atom. The Kier molecular flexibility index (Phi) is 4.39. The standard InChI is InChI=1S/C31H27Cl/c1-19(2)21-14-16-27-23(18-21)13-12-22-17-20(3)11-15-26(22)31(27)28-9-5-4-7-24(28)25-8-6-10-29(32)30(25)31/h4-11,14-19H,12-13H2,1-3H3. The first-order valence-corrected chi connectivity index (χ1v) is 12.0. The van der Waals surface area contributed by atoms with Crippen molar-refractivity contribution in [3.63, 3.8) is 0 Å². The second-order valence-electron chi connectivity index (χ2n) is 9.69. The SMILES string of the molecule is Cc1ccc2c(c1)CCc1cc(C(C)C)ccc1C21c2ccccc2-c2cccc(Cl)c21. The molecule has 1 unspecified atom stereocenters. The van der Waals surface area contributed by atoms with Gasteiger partial charge in [0.25, 0.3) is 0 Å². The van der Waals surface area contributed by atoms with Crippen molar-refractivity contribution in [3.8, 4) is 11.1 Å². The lowest BCUT2D eigenvalue weighted by atomic mass is 9.66. The van der Waals surface area contributed by atoms with Crippen molar-refractivity contribution in [2.45, 2.75) is 44.9 Å². The van der Waals surface area contributed by atoms with E-state index in [1.807, 2.05) is 0 Å². The summed E-state index contributed by atoms with van der Waals surface area (Å²) >= 11 is 7.08. The number of aryl methyl sites for hydroxylation is 3. The van der Waals surface area contributed by atoms with Crippen LogP contribution in [0.5, 0.6) is 0 Å². The van der Waals surface area contributed by atoms with Gasteiger partial charge in [-0.2, -0.15) is 0 Å². The van der Waals surface area contributed by atoms with Crippen LogP contribution < -0.4 is 0 Å². The third kappa shape index (κ3) is 2.57. The molecule has 0 heterocycles. The number of hydrogen-bond donors (Lipinski definition) is 0. The summed E-state index contributed by atoms with van der Waals surface area (Å²) in [5, 5.41) is 0.853. The van der Waals surface area contributed by atoms with E-state index in [0.717, 1.165) is 17.9 Å². The fourth-order valence-corrected chi connectivity index (χ4v) is 6.44. The van der Waals surface area contributed by atoms with Gasteiger partial charge in [-0.1, -0.05) is 104 Å². The molecule has 0 amide bonds. The topological polar surface area (TPSA) is 0 Å². The molecule has 1 heteroatoms. The first kappa shape index (κ1) is 19.8. The number of fused-ring (bicyclic) bond motifs is 9. The number of halogens is 1. The van der Waals surface area contributed by atoms with Crippen molar-refractivity contribution in [2.75, 3.05) is 0 Å². The lowest BCUT2D eigenvalue weighted by molar-refractivity contribution is 0.758. The summed E-state index contributed by atoms with van der Waals surface area (Å²) in [5.74, 6) is 0.510. The van der Waals surface area contributed by atoms with Crippen LogP contribution in [-0.4, -0.2) is 0 Å². The number of benzene rings is 4. The molecule has 0 N–H and O–H groups in total. The van der Waals surface area contributed by atoms with Gasteiger partial charge in [0.1, 0.15) is 0 Å². The summed E-state index contributed by atoms with van der Waals surface area (Å²) in [6.45, 7) is 6.76. The molecule has 0 saturated heterocycles. The highest BCUT2D eigenvalue weighted by Crippen LogP contribution is 2.60. The second-order valence-corrected chi connectivity index (χ2v) is 10.1. The van der Waals surface area contributed by atoms with E-state index in [1.54, 1.807) is 0 Å². The van der Waals surface area contributed by atoms with Crippen molar-refractivity contribution < 1.29 is 0 Å². The van der Waals surface area contributed by atoms with Gasteiger partial charge in [-0.25, -0.2) is 0 Å². The first-order valence-electron chi connectivity index (χ1n) is 11.6. The molecular weight excluding hydrogens is 408 g/mol. The van der Waals surface area contributed by atoms with E-state index in [0.29, 0.717) is 5.92 Å². The van der Waals surface area contributed by atoms with Crippen LogP contribution in [0, 0.1) is 6.92 Å². The maximum Gasteiger partial charge on any atom is 0.0733 e. The Labute approximate surface area is 195 Å².